The largest absolute Gasteiger partial charge is 0.452 e. The number of rotatable bonds is 6. The smallest absolute Gasteiger partial charge is 0.331 e. The molecule has 0 spiro atoms. The Balaban J connectivity index is 1.79. The topological polar surface area (TPSA) is 46.6 Å². The highest BCUT2D eigenvalue weighted by molar-refractivity contribution is 9.10. The molecule has 25 heavy (non-hydrogen) atoms. The molecule has 0 N–H and O–H groups in total. The molecule has 5 heteroatoms. The van der Waals surface area contributed by atoms with Crippen LogP contribution < -0.4 is 0 Å². The van der Waals surface area contributed by atoms with Gasteiger partial charge in [0.1, 0.15) is 0 Å². The second kappa shape index (κ2) is 9.18. The molecule has 0 aromatic heterocycles. The lowest BCUT2D eigenvalue weighted by atomic mass is 10.1. The van der Waals surface area contributed by atoms with E-state index in [0.717, 1.165) is 15.6 Å². The Morgan fingerprint density at radius 3 is 2.36 bits per heavy atom. The van der Waals surface area contributed by atoms with Gasteiger partial charge in [-0.15, -0.1) is 0 Å². The van der Waals surface area contributed by atoms with Crippen LogP contribution in [0.25, 0.3) is 6.08 Å². The second-order valence-corrected chi connectivity index (χ2v) is 6.64. The number of carbonyl (C=O) groups excluding carboxylic acids is 2. The van der Waals surface area contributed by atoms with Crippen LogP contribution in [0.15, 0.2) is 59.1 Å². The molecule has 0 saturated carbocycles. The van der Waals surface area contributed by atoms with Crippen molar-refractivity contribution in [1.82, 2.24) is 4.90 Å². The molecule has 0 fully saturated rings. The summed E-state index contributed by atoms with van der Waals surface area (Å²) < 4.78 is 5.97. The van der Waals surface area contributed by atoms with E-state index in [2.05, 4.69) is 15.9 Å². The minimum atomic E-state index is -0.542. The molecule has 4 nitrogen and oxygen atoms in total. The third-order valence-corrected chi connectivity index (χ3v) is 4.11. The van der Waals surface area contributed by atoms with E-state index in [-0.39, 0.29) is 12.5 Å². The fourth-order valence-corrected chi connectivity index (χ4v) is 2.35. The summed E-state index contributed by atoms with van der Waals surface area (Å²) in [6, 6.07) is 15.5. The van der Waals surface area contributed by atoms with Gasteiger partial charge in [0.2, 0.25) is 0 Å². The van der Waals surface area contributed by atoms with Crippen molar-refractivity contribution >= 4 is 33.9 Å². The normalized spacial score (nSPS) is 10.7. The molecule has 0 heterocycles. The maximum absolute atomic E-state index is 12.0. The Morgan fingerprint density at radius 1 is 1.08 bits per heavy atom. The lowest BCUT2D eigenvalue weighted by Gasteiger charge is -2.17. The zero-order chi connectivity index (χ0) is 18.2. The summed E-state index contributed by atoms with van der Waals surface area (Å²) in [5, 5.41) is 0. The van der Waals surface area contributed by atoms with Crippen LogP contribution in [0.1, 0.15) is 16.7 Å². The lowest BCUT2D eigenvalue weighted by molar-refractivity contribution is -0.147. The molecule has 0 saturated heterocycles. The van der Waals surface area contributed by atoms with Gasteiger partial charge in [-0.05, 0) is 36.3 Å². The number of nitrogens with zero attached hydrogens (tertiary/aromatic N) is 1. The molecule has 2 aromatic carbocycles. The van der Waals surface area contributed by atoms with Gasteiger partial charge in [-0.2, -0.15) is 0 Å². The third-order valence-electron chi connectivity index (χ3n) is 3.59. The fourth-order valence-electron chi connectivity index (χ4n) is 2.08. The van der Waals surface area contributed by atoms with Gasteiger partial charge in [0.05, 0.1) is 0 Å². The van der Waals surface area contributed by atoms with Crippen molar-refractivity contribution < 1.29 is 14.3 Å². The fraction of sp³-hybridized carbons (Fsp3) is 0.200. The first-order valence-electron chi connectivity index (χ1n) is 7.84. The second-order valence-electron chi connectivity index (χ2n) is 5.73. The van der Waals surface area contributed by atoms with Crippen molar-refractivity contribution in [2.45, 2.75) is 13.5 Å². The molecule has 2 aromatic rings. The highest BCUT2D eigenvalue weighted by Crippen LogP contribution is 2.11. The minimum Gasteiger partial charge on any atom is -0.452 e. The number of esters is 1. The van der Waals surface area contributed by atoms with Crippen LogP contribution in [0.3, 0.4) is 0 Å². The van der Waals surface area contributed by atoms with E-state index in [1.165, 1.54) is 16.5 Å². The molecule has 0 unspecified atom stereocenters. The molecular weight excluding hydrogens is 382 g/mol. The lowest BCUT2D eigenvalue weighted by Crippen LogP contribution is -2.30. The quantitative estimate of drug-likeness (QED) is 0.543. The molecule has 0 bridgehead atoms. The van der Waals surface area contributed by atoms with Gasteiger partial charge in [-0.25, -0.2) is 4.79 Å². The molecule has 2 rings (SSSR count). The van der Waals surface area contributed by atoms with E-state index in [4.69, 9.17) is 4.74 Å². The zero-order valence-electron chi connectivity index (χ0n) is 14.2. The Kier molecular flexibility index (Phi) is 6.95. The summed E-state index contributed by atoms with van der Waals surface area (Å²) in [7, 11) is 1.69. The maximum Gasteiger partial charge on any atom is 0.331 e. The number of hydrogen-bond acceptors (Lipinski definition) is 3. The SMILES string of the molecule is Cc1ccc(CN(C)C(=O)COC(=O)/C=C/c2ccc(Br)cc2)cc1. The average Bonchev–Trinajstić information content (AvgIpc) is 2.61. The van der Waals surface area contributed by atoms with E-state index in [0.29, 0.717) is 6.54 Å². The van der Waals surface area contributed by atoms with Crippen LogP contribution in [-0.4, -0.2) is 30.4 Å². The summed E-state index contributed by atoms with van der Waals surface area (Å²) in [5.74, 6) is -0.786. The first-order chi connectivity index (χ1) is 11.9. The summed E-state index contributed by atoms with van der Waals surface area (Å²) >= 11 is 3.35. The maximum atomic E-state index is 12.0. The first kappa shape index (κ1) is 18.9. The van der Waals surface area contributed by atoms with Crippen molar-refractivity contribution in [3.05, 3.63) is 75.8 Å². The Hall–Kier alpha value is -2.40. The van der Waals surface area contributed by atoms with E-state index < -0.39 is 5.97 Å². The van der Waals surface area contributed by atoms with Crippen molar-refractivity contribution in [3.63, 3.8) is 0 Å². The number of likely N-dealkylation sites (N-methyl/N-ethyl adjacent to an activating group) is 1. The molecule has 0 aliphatic heterocycles. The summed E-state index contributed by atoms with van der Waals surface area (Å²) in [6.07, 6.45) is 2.96. The highest BCUT2D eigenvalue weighted by atomic mass is 79.9. The van der Waals surface area contributed by atoms with Gasteiger partial charge in [-0.1, -0.05) is 57.9 Å². The Bertz CT molecular complexity index is 752. The summed E-state index contributed by atoms with van der Waals surface area (Å²) in [6.45, 7) is 2.22. The summed E-state index contributed by atoms with van der Waals surface area (Å²) in [4.78, 5) is 25.3. The van der Waals surface area contributed by atoms with Crippen molar-refractivity contribution in [1.29, 1.82) is 0 Å². The van der Waals surface area contributed by atoms with Crippen LogP contribution in [0.2, 0.25) is 0 Å². The standard InChI is InChI=1S/C20H20BrNO3/c1-15-3-5-17(6-4-15)13-22(2)19(23)14-25-20(24)12-9-16-7-10-18(21)11-8-16/h3-12H,13-14H2,1-2H3/b12-9+. The van der Waals surface area contributed by atoms with E-state index in [9.17, 15) is 9.59 Å². The number of benzene rings is 2. The Morgan fingerprint density at radius 2 is 1.72 bits per heavy atom. The molecule has 130 valence electrons. The van der Waals surface area contributed by atoms with Crippen LogP contribution in [0.5, 0.6) is 0 Å². The molecule has 0 atom stereocenters. The molecule has 0 aliphatic carbocycles. The minimum absolute atomic E-state index is 0.244. The third kappa shape index (κ3) is 6.55. The number of aryl methyl sites for hydroxylation is 1. The molecule has 0 aliphatic rings. The number of hydrogen-bond donors (Lipinski definition) is 0. The van der Waals surface area contributed by atoms with Crippen LogP contribution in [-0.2, 0) is 20.9 Å². The molecule has 0 radical (unpaired) electrons. The average molecular weight is 402 g/mol. The van der Waals surface area contributed by atoms with Crippen LogP contribution in [0, 0.1) is 6.92 Å². The van der Waals surface area contributed by atoms with Gasteiger partial charge in [0.15, 0.2) is 6.61 Å². The van der Waals surface area contributed by atoms with Gasteiger partial charge in [0.25, 0.3) is 5.91 Å². The number of amides is 1. The first-order valence-corrected chi connectivity index (χ1v) is 8.63. The van der Waals surface area contributed by atoms with E-state index >= 15 is 0 Å². The molecule has 1 amide bonds. The van der Waals surface area contributed by atoms with Gasteiger partial charge >= 0.3 is 5.97 Å². The predicted octanol–water partition coefficient (Wildman–Crippen LogP) is 3.97. The van der Waals surface area contributed by atoms with Gasteiger partial charge < -0.3 is 9.64 Å². The monoisotopic (exact) mass is 401 g/mol. The van der Waals surface area contributed by atoms with E-state index in [1.54, 1.807) is 13.1 Å². The van der Waals surface area contributed by atoms with Crippen molar-refractivity contribution in [2.75, 3.05) is 13.7 Å². The Labute approximate surface area is 156 Å². The van der Waals surface area contributed by atoms with E-state index in [1.807, 2.05) is 55.5 Å². The number of ether oxygens (including phenoxy) is 1. The van der Waals surface area contributed by atoms with Crippen LogP contribution in [0.4, 0.5) is 0 Å². The van der Waals surface area contributed by atoms with Crippen molar-refractivity contribution in [3.8, 4) is 0 Å². The highest BCUT2D eigenvalue weighted by Gasteiger charge is 2.11. The van der Waals surface area contributed by atoms with Gasteiger partial charge in [0, 0.05) is 24.1 Å². The number of halogens is 1. The molecular formula is C20H20BrNO3. The predicted molar refractivity (Wildman–Crippen MR) is 102 cm³/mol. The summed E-state index contributed by atoms with van der Waals surface area (Å²) in [5.41, 5.74) is 3.08. The van der Waals surface area contributed by atoms with Crippen LogP contribution >= 0.6 is 15.9 Å². The van der Waals surface area contributed by atoms with Gasteiger partial charge in [-0.3, -0.25) is 4.79 Å². The zero-order valence-corrected chi connectivity index (χ0v) is 15.8. The number of carbonyl (C=O) groups is 2. The van der Waals surface area contributed by atoms with Crippen molar-refractivity contribution in [2.24, 2.45) is 0 Å².